The number of hydrogen-bond donors (Lipinski definition) is 0. The van der Waals surface area contributed by atoms with Crippen molar-refractivity contribution < 1.29 is 8.42 Å². The molecule has 0 aliphatic carbocycles. The van der Waals surface area contributed by atoms with E-state index in [1.54, 1.807) is 0 Å². The first-order valence-electron chi connectivity index (χ1n) is 7.36. The lowest BCUT2D eigenvalue weighted by atomic mass is 10.4. The second-order valence-corrected chi connectivity index (χ2v) is 8.75. The molecule has 0 spiro atoms. The Labute approximate surface area is 134 Å². The SMILES string of the molecule is CCn1ccc(-c2nnc(SC3CCS(=O)(=O)C3)n2CC)n1. The molecule has 1 fully saturated rings. The lowest BCUT2D eigenvalue weighted by Gasteiger charge is -2.09. The molecule has 7 nitrogen and oxygen atoms in total. The molecule has 1 aliphatic heterocycles. The summed E-state index contributed by atoms with van der Waals surface area (Å²) in [6.07, 6.45) is 2.60. The van der Waals surface area contributed by atoms with Gasteiger partial charge in [-0.15, -0.1) is 10.2 Å². The van der Waals surface area contributed by atoms with Crippen LogP contribution in [0.15, 0.2) is 17.4 Å². The maximum atomic E-state index is 11.6. The molecular weight excluding hydrogens is 322 g/mol. The maximum absolute atomic E-state index is 11.6. The van der Waals surface area contributed by atoms with Crippen LogP contribution >= 0.6 is 11.8 Å². The van der Waals surface area contributed by atoms with E-state index < -0.39 is 9.84 Å². The van der Waals surface area contributed by atoms with Crippen LogP contribution in [-0.4, -0.2) is 49.7 Å². The van der Waals surface area contributed by atoms with Crippen LogP contribution in [0.5, 0.6) is 0 Å². The van der Waals surface area contributed by atoms with Gasteiger partial charge in [0.1, 0.15) is 5.69 Å². The van der Waals surface area contributed by atoms with Crippen molar-refractivity contribution in [1.82, 2.24) is 24.5 Å². The van der Waals surface area contributed by atoms with E-state index in [0.29, 0.717) is 6.42 Å². The minimum absolute atomic E-state index is 0.0700. The predicted octanol–water partition coefficient (Wildman–Crippen LogP) is 1.46. The third-order valence-corrected chi connectivity index (χ3v) is 6.92. The number of nitrogens with zero attached hydrogens (tertiary/aromatic N) is 5. The Morgan fingerprint density at radius 3 is 2.73 bits per heavy atom. The Kier molecular flexibility index (Phi) is 4.26. The molecule has 1 aliphatic rings. The zero-order valence-corrected chi connectivity index (χ0v) is 14.3. The van der Waals surface area contributed by atoms with Crippen molar-refractivity contribution in [3.63, 3.8) is 0 Å². The first kappa shape index (κ1) is 15.5. The molecule has 0 radical (unpaired) electrons. The summed E-state index contributed by atoms with van der Waals surface area (Å²) in [5.41, 5.74) is 0.794. The van der Waals surface area contributed by atoms with Crippen LogP contribution in [0.2, 0.25) is 0 Å². The Bertz CT molecular complexity index is 765. The molecule has 120 valence electrons. The van der Waals surface area contributed by atoms with Crippen molar-refractivity contribution in [2.75, 3.05) is 11.5 Å². The number of rotatable bonds is 5. The minimum atomic E-state index is -2.87. The van der Waals surface area contributed by atoms with Gasteiger partial charge in [-0.3, -0.25) is 4.68 Å². The molecule has 0 saturated carbocycles. The van der Waals surface area contributed by atoms with Crippen molar-refractivity contribution in [2.45, 2.75) is 43.8 Å². The molecule has 1 atom stereocenters. The number of thioether (sulfide) groups is 1. The molecule has 2 aromatic heterocycles. The third kappa shape index (κ3) is 3.05. The van der Waals surface area contributed by atoms with Crippen molar-refractivity contribution >= 4 is 21.6 Å². The molecule has 2 aromatic rings. The standard InChI is InChI=1S/C13H19N5O2S2/c1-3-17-7-5-11(16-17)12-14-15-13(18(12)4-2)21-10-6-8-22(19,20)9-10/h5,7,10H,3-4,6,8-9H2,1-2H3. The fourth-order valence-electron chi connectivity index (χ4n) is 2.51. The molecule has 3 heterocycles. The molecule has 0 N–H and O–H groups in total. The Morgan fingerprint density at radius 2 is 2.14 bits per heavy atom. The van der Waals surface area contributed by atoms with Crippen molar-refractivity contribution in [3.05, 3.63) is 12.3 Å². The molecule has 1 unspecified atom stereocenters. The summed E-state index contributed by atoms with van der Waals surface area (Å²) in [5.74, 6) is 1.24. The van der Waals surface area contributed by atoms with Crippen LogP contribution < -0.4 is 0 Å². The summed E-state index contributed by atoms with van der Waals surface area (Å²) < 4.78 is 27.0. The van der Waals surface area contributed by atoms with Gasteiger partial charge in [0, 0.05) is 24.5 Å². The van der Waals surface area contributed by atoms with Gasteiger partial charge >= 0.3 is 0 Å². The zero-order valence-electron chi connectivity index (χ0n) is 12.6. The van der Waals surface area contributed by atoms with Crippen LogP contribution in [0, 0.1) is 0 Å². The summed E-state index contributed by atoms with van der Waals surface area (Å²) in [6.45, 7) is 5.59. The van der Waals surface area contributed by atoms with Crippen LogP contribution in [0.4, 0.5) is 0 Å². The second kappa shape index (κ2) is 6.04. The van der Waals surface area contributed by atoms with Gasteiger partial charge in [-0.2, -0.15) is 5.10 Å². The Hall–Kier alpha value is -1.35. The van der Waals surface area contributed by atoms with Gasteiger partial charge in [-0.1, -0.05) is 11.8 Å². The quantitative estimate of drug-likeness (QED) is 0.819. The fraction of sp³-hybridized carbons (Fsp3) is 0.615. The summed E-state index contributed by atoms with van der Waals surface area (Å²) in [6, 6.07) is 1.92. The summed E-state index contributed by atoms with van der Waals surface area (Å²) in [5, 5.41) is 13.8. The molecule has 9 heteroatoms. The highest BCUT2D eigenvalue weighted by Crippen LogP contribution is 2.31. The monoisotopic (exact) mass is 341 g/mol. The third-order valence-electron chi connectivity index (χ3n) is 3.69. The van der Waals surface area contributed by atoms with E-state index in [1.165, 1.54) is 11.8 Å². The smallest absolute Gasteiger partial charge is 0.191 e. The number of aromatic nitrogens is 5. The van der Waals surface area contributed by atoms with Crippen LogP contribution in [0.3, 0.4) is 0 Å². The molecular formula is C13H19N5O2S2. The largest absolute Gasteiger partial charge is 0.301 e. The lowest BCUT2D eigenvalue weighted by Crippen LogP contribution is -2.08. The van der Waals surface area contributed by atoms with Crippen molar-refractivity contribution in [2.24, 2.45) is 0 Å². The number of hydrogen-bond acceptors (Lipinski definition) is 6. The summed E-state index contributed by atoms with van der Waals surface area (Å²) in [4.78, 5) is 0. The van der Waals surface area contributed by atoms with E-state index in [0.717, 1.165) is 29.8 Å². The molecule has 0 amide bonds. The average molecular weight is 341 g/mol. The highest BCUT2D eigenvalue weighted by molar-refractivity contribution is 8.01. The number of aryl methyl sites for hydroxylation is 1. The fourth-order valence-corrected chi connectivity index (χ4v) is 6.06. The van der Waals surface area contributed by atoms with E-state index in [9.17, 15) is 8.42 Å². The van der Waals surface area contributed by atoms with Crippen LogP contribution in [0.1, 0.15) is 20.3 Å². The zero-order chi connectivity index (χ0) is 15.7. The van der Waals surface area contributed by atoms with Gasteiger partial charge in [0.25, 0.3) is 0 Å². The molecule has 3 rings (SSSR count). The minimum Gasteiger partial charge on any atom is -0.301 e. The number of sulfone groups is 1. The van der Waals surface area contributed by atoms with Gasteiger partial charge in [-0.25, -0.2) is 8.42 Å². The van der Waals surface area contributed by atoms with Crippen LogP contribution in [-0.2, 0) is 22.9 Å². The van der Waals surface area contributed by atoms with Gasteiger partial charge in [0.15, 0.2) is 20.8 Å². The van der Waals surface area contributed by atoms with E-state index in [1.807, 2.05) is 35.4 Å². The molecule has 22 heavy (non-hydrogen) atoms. The Morgan fingerprint density at radius 1 is 1.32 bits per heavy atom. The van der Waals surface area contributed by atoms with Gasteiger partial charge in [0.05, 0.1) is 11.5 Å². The van der Waals surface area contributed by atoms with E-state index >= 15 is 0 Å². The summed E-state index contributed by atoms with van der Waals surface area (Å²) >= 11 is 1.51. The molecule has 1 saturated heterocycles. The van der Waals surface area contributed by atoms with Crippen molar-refractivity contribution in [3.8, 4) is 11.5 Å². The predicted molar refractivity (Wildman–Crippen MR) is 85.5 cm³/mol. The first-order valence-corrected chi connectivity index (χ1v) is 10.1. The van der Waals surface area contributed by atoms with E-state index in [-0.39, 0.29) is 16.8 Å². The van der Waals surface area contributed by atoms with E-state index in [4.69, 9.17) is 0 Å². The van der Waals surface area contributed by atoms with Gasteiger partial charge in [0.2, 0.25) is 0 Å². The highest BCUT2D eigenvalue weighted by Gasteiger charge is 2.30. The molecule has 0 aromatic carbocycles. The first-order chi connectivity index (χ1) is 10.5. The van der Waals surface area contributed by atoms with Crippen LogP contribution in [0.25, 0.3) is 11.5 Å². The molecule has 0 bridgehead atoms. The van der Waals surface area contributed by atoms with E-state index in [2.05, 4.69) is 15.3 Å². The van der Waals surface area contributed by atoms with Crippen molar-refractivity contribution in [1.29, 1.82) is 0 Å². The Balaban J connectivity index is 1.84. The van der Waals surface area contributed by atoms with Gasteiger partial charge < -0.3 is 4.57 Å². The maximum Gasteiger partial charge on any atom is 0.191 e. The summed E-state index contributed by atoms with van der Waals surface area (Å²) in [7, 11) is -2.87. The normalized spacial score (nSPS) is 20.5. The topological polar surface area (TPSA) is 82.7 Å². The second-order valence-electron chi connectivity index (χ2n) is 5.25. The van der Waals surface area contributed by atoms with Gasteiger partial charge in [-0.05, 0) is 26.3 Å². The lowest BCUT2D eigenvalue weighted by molar-refractivity contribution is 0.602. The highest BCUT2D eigenvalue weighted by atomic mass is 32.2. The average Bonchev–Trinajstić information content (AvgIpc) is 3.17.